The molecule has 3 nitrogen and oxygen atoms in total. The van der Waals surface area contributed by atoms with Crippen molar-refractivity contribution in [2.75, 3.05) is 19.6 Å². The van der Waals surface area contributed by atoms with Gasteiger partial charge in [-0.15, -0.1) is 0 Å². The summed E-state index contributed by atoms with van der Waals surface area (Å²) in [4.78, 5) is 7.81. The lowest BCUT2D eigenvalue weighted by Gasteiger charge is -2.39. The van der Waals surface area contributed by atoms with Crippen LogP contribution in [0, 0.1) is 11.7 Å². The van der Waals surface area contributed by atoms with Crippen LogP contribution in [0.25, 0.3) is 0 Å². The molecule has 3 heterocycles. The Kier molecular flexibility index (Phi) is 3.28. The van der Waals surface area contributed by atoms with Crippen molar-refractivity contribution in [1.82, 2.24) is 4.90 Å². The van der Waals surface area contributed by atoms with Gasteiger partial charge in [-0.25, -0.2) is 4.39 Å². The second kappa shape index (κ2) is 5.06. The average molecular weight is 248 g/mol. The standard InChI is InChI=1S/C14H17FN2O/c15-13-3-1-11(2-4-13)10-18-16-14-9-17-7-5-12(14)6-8-17/h1-4,12H,5-10H2/b16-14-. The Morgan fingerprint density at radius 2 is 1.94 bits per heavy atom. The third-order valence-electron chi connectivity index (χ3n) is 3.77. The third kappa shape index (κ3) is 2.53. The van der Waals surface area contributed by atoms with E-state index in [-0.39, 0.29) is 5.82 Å². The van der Waals surface area contributed by atoms with Crippen LogP contribution in [0.15, 0.2) is 29.4 Å². The summed E-state index contributed by atoms with van der Waals surface area (Å²) in [6.45, 7) is 3.76. The molecule has 2 bridgehead atoms. The minimum atomic E-state index is -0.220. The summed E-state index contributed by atoms with van der Waals surface area (Å²) in [5.74, 6) is 0.394. The van der Waals surface area contributed by atoms with Gasteiger partial charge in [-0.05, 0) is 43.6 Å². The lowest BCUT2D eigenvalue weighted by atomic mass is 9.87. The molecule has 0 spiro atoms. The quantitative estimate of drug-likeness (QED) is 0.767. The van der Waals surface area contributed by atoms with Crippen molar-refractivity contribution >= 4 is 5.71 Å². The fourth-order valence-corrected chi connectivity index (χ4v) is 2.66. The summed E-state index contributed by atoms with van der Waals surface area (Å²) in [5, 5.41) is 4.26. The molecule has 0 aromatic heterocycles. The van der Waals surface area contributed by atoms with E-state index in [9.17, 15) is 4.39 Å². The molecule has 3 fully saturated rings. The first-order valence-electron chi connectivity index (χ1n) is 6.47. The molecular weight excluding hydrogens is 231 g/mol. The molecule has 1 aromatic rings. The number of benzene rings is 1. The second-order valence-electron chi connectivity index (χ2n) is 5.03. The highest BCUT2D eigenvalue weighted by atomic mass is 19.1. The first-order chi connectivity index (χ1) is 8.81. The molecule has 0 saturated carbocycles. The van der Waals surface area contributed by atoms with E-state index in [4.69, 9.17) is 4.84 Å². The Morgan fingerprint density at radius 3 is 2.56 bits per heavy atom. The molecule has 1 aromatic carbocycles. The van der Waals surface area contributed by atoms with Gasteiger partial charge in [0.05, 0.1) is 5.71 Å². The van der Waals surface area contributed by atoms with Gasteiger partial charge in [-0.2, -0.15) is 0 Å². The summed E-state index contributed by atoms with van der Waals surface area (Å²) in [6.07, 6.45) is 2.41. The van der Waals surface area contributed by atoms with Crippen molar-refractivity contribution in [2.24, 2.45) is 11.1 Å². The fraction of sp³-hybridized carbons (Fsp3) is 0.500. The SMILES string of the molecule is Fc1ccc(CO/N=C2/CN3CCC2CC3)cc1. The zero-order chi connectivity index (χ0) is 12.4. The van der Waals surface area contributed by atoms with Crippen molar-refractivity contribution in [1.29, 1.82) is 0 Å². The summed E-state index contributed by atoms with van der Waals surface area (Å²) >= 11 is 0. The number of fused-ring (bicyclic) bond motifs is 3. The summed E-state index contributed by atoms with van der Waals surface area (Å²) in [5.41, 5.74) is 2.12. The van der Waals surface area contributed by atoms with Crippen LogP contribution in [0.5, 0.6) is 0 Å². The van der Waals surface area contributed by atoms with E-state index < -0.39 is 0 Å². The monoisotopic (exact) mass is 248 g/mol. The summed E-state index contributed by atoms with van der Waals surface area (Å²) < 4.78 is 12.7. The molecule has 4 heteroatoms. The van der Waals surface area contributed by atoms with Crippen LogP contribution in [-0.4, -0.2) is 30.2 Å². The van der Waals surface area contributed by atoms with Crippen LogP contribution in [0.4, 0.5) is 4.39 Å². The molecule has 0 aliphatic carbocycles. The van der Waals surface area contributed by atoms with Crippen LogP contribution in [0.2, 0.25) is 0 Å². The van der Waals surface area contributed by atoms with Gasteiger partial charge >= 0.3 is 0 Å². The molecule has 18 heavy (non-hydrogen) atoms. The molecule has 3 aliphatic rings. The second-order valence-corrected chi connectivity index (χ2v) is 5.03. The Bertz CT molecular complexity index is 436. The third-order valence-corrected chi connectivity index (χ3v) is 3.77. The van der Waals surface area contributed by atoms with E-state index in [1.807, 2.05) is 0 Å². The lowest BCUT2D eigenvalue weighted by molar-refractivity contribution is 0.118. The molecule has 0 unspecified atom stereocenters. The zero-order valence-corrected chi connectivity index (χ0v) is 10.3. The van der Waals surface area contributed by atoms with Crippen molar-refractivity contribution in [3.8, 4) is 0 Å². The largest absolute Gasteiger partial charge is 0.391 e. The van der Waals surface area contributed by atoms with E-state index in [1.165, 1.54) is 43.8 Å². The molecule has 0 amide bonds. The predicted molar refractivity (Wildman–Crippen MR) is 67.8 cm³/mol. The molecular formula is C14H17FN2O. The summed E-state index contributed by atoms with van der Waals surface area (Å²) in [7, 11) is 0. The van der Waals surface area contributed by atoms with Crippen molar-refractivity contribution < 1.29 is 9.23 Å². The Labute approximate surface area is 106 Å². The van der Waals surface area contributed by atoms with Gasteiger partial charge in [0.2, 0.25) is 0 Å². The van der Waals surface area contributed by atoms with Crippen molar-refractivity contribution in [3.05, 3.63) is 35.6 Å². The highest BCUT2D eigenvalue weighted by Crippen LogP contribution is 2.25. The topological polar surface area (TPSA) is 24.8 Å². The smallest absolute Gasteiger partial charge is 0.142 e. The van der Waals surface area contributed by atoms with E-state index >= 15 is 0 Å². The highest BCUT2D eigenvalue weighted by Gasteiger charge is 2.31. The lowest BCUT2D eigenvalue weighted by Crippen LogP contribution is -2.47. The van der Waals surface area contributed by atoms with Gasteiger partial charge in [-0.3, -0.25) is 4.90 Å². The first-order valence-corrected chi connectivity index (χ1v) is 6.47. The normalized spacial score (nSPS) is 28.6. The number of rotatable bonds is 3. The zero-order valence-electron chi connectivity index (χ0n) is 10.3. The van der Waals surface area contributed by atoms with Gasteiger partial charge in [0.25, 0.3) is 0 Å². The molecule has 4 rings (SSSR count). The maximum Gasteiger partial charge on any atom is 0.142 e. The van der Waals surface area contributed by atoms with Gasteiger partial charge in [0.15, 0.2) is 0 Å². The van der Waals surface area contributed by atoms with E-state index in [2.05, 4.69) is 10.1 Å². The van der Waals surface area contributed by atoms with Gasteiger partial charge in [0.1, 0.15) is 12.4 Å². The number of halogens is 1. The molecule has 3 saturated heterocycles. The first kappa shape index (κ1) is 11.7. The number of hydrogen-bond donors (Lipinski definition) is 0. The molecule has 3 aliphatic heterocycles. The molecule has 0 radical (unpaired) electrons. The Hall–Kier alpha value is -1.42. The Morgan fingerprint density at radius 1 is 1.22 bits per heavy atom. The number of hydrogen-bond acceptors (Lipinski definition) is 3. The number of nitrogens with zero attached hydrogens (tertiary/aromatic N) is 2. The van der Waals surface area contributed by atoms with E-state index in [0.717, 1.165) is 12.1 Å². The fourth-order valence-electron chi connectivity index (χ4n) is 2.66. The molecule has 0 atom stereocenters. The maximum absolute atomic E-state index is 12.7. The van der Waals surface area contributed by atoms with Crippen LogP contribution in [0.3, 0.4) is 0 Å². The molecule has 0 N–H and O–H groups in total. The van der Waals surface area contributed by atoms with Crippen LogP contribution < -0.4 is 0 Å². The van der Waals surface area contributed by atoms with Crippen molar-refractivity contribution in [2.45, 2.75) is 19.4 Å². The van der Waals surface area contributed by atoms with Gasteiger partial charge in [0, 0.05) is 12.5 Å². The number of piperidine rings is 3. The maximum atomic E-state index is 12.7. The summed E-state index contributed by atoms with van der Waals surface area (Å²) in [6, 6.07) is 6.35. The predicted octanol–water partition coefficient (Wildman–Crippen LogP) is 2.42. The van der Waals surface area contributed by atoms with Crippen LogP contribution in [0.1, 0.15) is 18.4 Å². The van der Waals surface area contributed by atoms with Crippen LogP contribution in [-0.2, 0) is 11.4 Å². The minimum absolute atomic E-state index is 0.220. The van der Waals surface area contributed by atoms with Gasteiger partial charge < -0.3 is 4.84 Å². The Balaban J connectivity index is 1.56. The van der Waals surface area contributed by atoms with Crippen molar-refractivity contribution in [3.63, 3.8) is 0 Å². The molecule has 96 valence electrons. The number of oxime groups is 1. The van der Waals surface area contributed by atoms with E-state index in [1.54, 1.807) is 12.1 Å². The average Bonchev–Trinajstić information content (AvgIpc) is 2.42. The van der Waals surface area contributed by atoms with Gasteiger partial charge in [-0.1, -0.05) is 17.3 Å². The minimum Gasteiger partial charge on any atom is -0.391 e. The highest BCUT2D eigenvalue weighted by molar-refractivity contribution is 5.89. The van der Waals surface area contributed by atoms with E-state index in [0.29, 0.717) is 12.5 Å². The van der Waals surface area contributed by atoms with Crippen LogP contribution >= 0.6 is 0 Å².